The van der Waals surface area contributed by atoms with Gasteiger partial charge in [-0.05, 0) is 43.2 Å². The Morgan fingerprint density at radius 3 is 2.66 bits per heavy atom. The van der Waals surface area contributed by atoms with Crippen LogP contribution in [0.4, 0.5) is 4.39 Å². The van der Waals surface area contributed by atoms with E-state index in [1.165, 1.54) is 17.8 Å². The van der Waals surface area contributed by atoms with Gasteiger partial charge in [-0.25, -0.2) is 4.39 Å². The summed E-state index contributed by atoms with van der Waals surface area (Å²) in [4.78, 5) is 14.8. The quantitative estimate of drug-likeness (QED) is 0.413. The van der Waals surface area contributed by atoms with Gasteiger partial charge in [-0.2, -0.15) is 0 Å². The SMILES string of the molecule is CCCN1C(=O)/C(=C\c2ccc(OCc3ccccc3F)c(OCC)c2)SC1=S. The van der Waals surface area contributed by atoms with E-state index >= 15 is 0 Å². The van der Waals surface area contributed by atoms with E-state index in [-0.39, 0.29) is 18.3 Å². The molecule has 0 bridgehead atoms. The molecule has 29 heavy (non-hydrogen) atoms. The topological polar surface area (TPSA) is 38.8 Å². The molecule has 152 valence electrons. The molecule has 0 radical (unpaired) electrons. The molecular weight excluding hydrogens is 409 g/mol. The average Bonchev–Trinajstić information content (AvgIpc) is 2.96. The first-order valence-electron chi connectivity index (χ1n) is 9.42. The van der Waals surface area contributed by atoms with Crippen LogP contribution in [-0.4, -0.2) is 28.3 Å². The average molecular weight is 432 g/mol. The standard InChI is InChI=1S/C22H22FNO3S2/c1-3-11-24-21(25)20(29-22(24)28)13-15-9-10-18(19(12-15)26-4-2)27-14-16-7-5-6-8-17(16)23/h5-10,12-13H,3-4,11,14H2,1-2H3/b20-13+. The Labute approximate surface area is 179 Å². The summed E-state index contributed by atoms with van der Waals surface area (Å²) in [6.07, 6.45) is 2.65. The van der Waals surface area contributed by atoms with Crippen molar-refractivity contribution < 1.29 is 18.7 Å². The van der Waals surface area contributed by atoms with E-state index in [2.05, 4.69) is 0 Å². The van der Waals surface area contributed by atoms with E-state index < -0.39 is 0 Å². The van der Waals surface area contributed by atoms with Gasteiger partial charge in [0.15, 0.2) is 11.5 Å². The number of rotatable bonds is 8. The molecule has 0 unspecified atom stereocenters. The van der Waals surface area contributed by atoms with Gasteiger partial charge in [0.05, 0.1) is 11.5 Å². The number of hydrogen-bond donors (Lipinski definition) is 0. The van der Waals surface area contributed by atoms with Crippen LogP contribution in [0, 0.1) is 5.82 Å². The Balaban J connectivity index is 1.80. The van der Waals surface area contributed by atoms with Crippen LogP contribution < -0.4 is 9.47 Å². The monoisotopic (exact) mass is 431 g/mol. The van der Waals surface area contributed by atoms with E-state index in [4.69, 9.17) is 21.7 Å². The molecule has 0 N–H and O–H groups in total. The van der Waals surface area contributed by atoms with Crippen LogP contribution in [0.15, 0.2) is 47.4 Å². The van der Waals surface area contributed by atoms with Crippen molar-refractivity contribution in [1.29, 1.82) is 0 Å². The number of halogens is 1. The lowest BCUT2D eigenvalue weighted by molar-refractivity contribution is -0.122. The van der Waals surface area contributed by atoms with Crippen molar-refractivity contribution in [2.45, 2.75) is 26.9 Å². The van der Waals surface area contributed by atoms with Gasteiger partial charge in [-0.3, -0.25) is 9.69 Å². The van der Waals surface area contributed by atoms with Crippen LogP contribution in [0.2, 0.25) is 0 Å². The van der Waals surface area contributed by atoms with Gasteiger partial charge in [-0.1, -0.05) is 55.2 Å². The van der Waals surface area contributed by atoms with Crippen LogP contribution in [0.3, 0.4) is 0 Å². The third-order valence-electron chi connectivity index (χ3n) is 4.23. The third-order valence-corrected chi connectivity index (χ3v) is 5.60. The number of thioether (sulfide) groups is 1. The largest absolute Gasteiger partial charge is 0.490 e. The lowest BCUT2D eigenvalue weighted by Crippen LogP contribution is -2.28. The lowest BCUT2D eigenvalue weighted by Gasteiger charge is -2.13. The van der Waals surface area contributed by atoms with Crippen molar-refractivity contribution in [3.05, 3.63) is 64.3 Å². The van der Waals surface area contributed by atoms with Crippen molar-refractivity contribution in [2.75, 3.05) is 13.2 Å². The molecule has 0 atom stereocenters. The second-order valence-corrected chi connectivity index (χ2v) is 8.03. The van der Waals surface area contributed by atoms with E-state index in [0.717, 1.165) is 12.0 Å². The fourth-order valence-corrected chi connectivity index (χ4v) is 4.15. The summed E-state index contributed by atoms with van der Waals surface area (Å²) in [5, 5.41) is 0. The Morgan fingerprint density at radius 1 is 1.14 bits per heavy atom. The minimum absolute atomic E-state index is 0.0697. The van der Waals surface area contributed by atoms with Gasteiger partial charge in [-0.15, -0.1) is 0 Å². The molecule has 0 aliphatic carbocycles. The van der Waals surface area contributed by atoms with E-state index in [1.54, 1.807) is 35.2 Å². The fourth-order valence-electron chi connectivity index (χ4n) is 2.84. The summed E-state index contributed by atoms with van der Waals surface area (Å²) in [5.74, 6) is 0.684. The smallest absolute Gasteiger partial charge is 0.266 e. The maximum absolute atomic E-state index is 13.8. The highest BCUT2D eigenvalue weighted by Gasteiger charge is 2.31. The molecule has 4 nitrogen and oxygen atoms in total. The molecule has 1 fully saturated rings. The fraction of sp³-hybridized carbons (Fsp3) is 0.273. The molecule has 0 spiro atoms. The summed E-state index contributed by atoms with van der Waals surface area (Å²) in [6, 6.07) is 11.9. The minimum Gasteiger partial charge on any atom is -0.490 e. The van der Waals surface area contributed by atoms with Gasteiger partial charge in [0.25, 0.3) is 5.91 Å². The molecule has 1 saturated heterocycles. The Hall–Kier alpha value is -2.38. The predicted molar refractivity (Wildman–Crippen MR) is 119 cm³/mol. The number of amides is 1. The van der Waals surface area contributed by atoms with Crippen LogP contribution in [0.5, 0.6) is 11.5 Å². The molecule has 0 aromatic heterocycles. The maximum Gasteiger partial charge on any atom is 0.266 e. The van der Waals surface area contributed by atoms with Crippen LogP contribution in [0.25, 0.3) is 6.08 Å². The Bertz CT molecular complexity index is 945. The zero-order chi connectivity index (χ0) is 20.8. The van der Waals surface area contributed by atoms with Crippen molar-refractivity contribution >= 4 is 40.3 Å². The summed E-state index contributed by atoms with van der Waals surface area (Å²) in [5.41, 5.74) is 1.28. The Morgan fingerprint density at radius 2 is 1.93 bits per heavy atom. The molecular formula is C22H22FNO3S2. The first-order valence-corrected chi connectivity index (χ1v) is 10.6. The normalized spacial score (nSPS) is 15.3. The van der Waals surface area contributed by atoms with Gasteiger partial charge in [0, 0.05) is 12.1 Å². The molecule has 2 aromatic rings. The van der Waals surface area contributed by atoms with Gasteiger partial charge >= 0.3 is 0 Å². The number of nitrogens with zero attached hydrogens (tertiary/aromatic N) is 1. The zero-order valence-electron chi connectivity index (χ0n) is 16.3. The second kappa shape index (κ2) is 9.89. The highest BCUT2D eigenvalue weighted by Crippen LogP contribution is 2.35. The molecule has 1 amide bonds. The molecule has 7 heteroatoms. The summed E-state index contributed by atoms with van der Waals surface area (Å²) >= 11 is 6.61. The maximum atomic E-state index is 13.8. The van der Waals surface area contributed by atoms with Crippen molar-refractivity contribution in [2.24, 2.45) is 0 Å². The number of thiocarbonyl (C=S) groups is 1. The molecule has 1 aliphatic rings. The first kappa shape index (κ1) is 21.3. The number of benzene rings is 2. The van der Waals surface area contributed by atoms with Crippen LogP contribution in [-0.2, 0) is 11.4 Å². The van der Waals surface area contributed by atoms with Crippen molar-refractivity contribution in [3.8, 4) is 11.5 Å². The van der Waals surface area contributed by atoms with Gasteiger partial charge < -0.3 is 9.47 Å². The number of carbonyl (C=O) groups is 1. The van der Waals surface area contributed by atoms with Crippen LogP contribution in [0.1, 0.15) is 31.4 Å². The highest BCUT2D eigenvalue weighted by molar-refractivity contribution is 8.26. The molecule has 1 heterocycles. The Kier molecular flexibility index (Phi) is 7.28. The van der Waals surface area contributed by atoms with Crippen molar-refractivity contribution in [3.63, 3.8) is 0 Å². The minimum atomic E-state index is -0.309. The summed E-state index contributed by atoms with van der Waals surface area (Å²) in [6.45, 7) is 5.06. The lowest BCUT2D eigenvalue weighted by atomic mass is 10.1. The first-order chi connectivity index (χ1) is 14.0. The van der Waals surface area contributed by atoms with Gasteiger partial charge in [0.1, 0.15) is 16.7 Å². The summed E-state index contributed by atoms with van der Waals surface area (Å²) in [7, 11) is 0. The molecule has 0 saturated carbocycles. The van der Waals surface area contributed by atoms with E-state index in [1.807, 2.05) is 26.0 Å². The van der Waals surface area contributed by atoms with Gasteiger partial charge in [0.2, 0.25) is 0 Å². The van der Waals surface area contributed by atoms with Crippen LogP contribution >= 0.6 is 24.0 Å². The number of carbonyl (C=O) groups excluding carboxylic acids is 1. The van der Waals surface area contributed by atoms with Crippen molar-refractivity contribution in [1.82, 2.24) is 4.90 Å². The second-order valence-electron chi connectivity index (χ2n) is 6.35. The molecule has 3 rings (SSSR count). The molecule has 2 aromatic carbocycles. The van der Waals surface area contributed by atoms with E-state index in [0.29, 0.717) is 39.4 Å². The third kappa shape index (κ3) is 5.16. The van der Waals surface area contributed by atoms with E-state index in [9.17, 15) is 9.18 Å². The number of hydrogen-bond acceptors (Lipinski definition) is 5. The summed E-state index contributed by atoms with van der Waals surface area (Å²) < 4.78 is 25.9. The highest BCUT2D eigenvalue weighted by atomic mass is 32.2. The molecule has 1 aliphatic heterocycles. The number of ether oxygens (including phenoxy) is 2. The predicted octanol–water partition coefficient (Wildman–Crippen LogP) is 5.41. The zero-order valence-corrected chi connectivity index (χ0v) is 17.9.